The summed E-state index contributed by atoms with van der Waals surface area (Å²) in [5.74, 6) is 0.0250. The summed E-state index contributed by atoms with van der Waals surface area (Å²) in [6.07, 6.45) is 8.81. The van der Waals surface area contributed by atoms with E-state index in [1.165, 1.54) is 37.0 Å². The molecule has 1 N–H and O–H groups in total. The molecule has 7 nitrogen and oxygen atoms in total. The highest BCUT2D eigenvalue weighted by atomic mass is 16.5. The van der Waals surface area contributed by atoms with Gasteiger partial charge in [0, 0.05) is 24.0 Å². The van der Waals surface area contributed by atoms with Gasteiger partial charge in [0.15, 0.2) is 0 Å². The monoisotopic (exact) mass is 361 g/mol. The van der Waals surface area contributed by atoms with Crippen molar-refractivity contribution in [3.63, 3.8) is 0 Å². The van der Waals surface area contributed by atoms with E-state index in [1.54, 1.807) is 48.5 Å². The van der Waals surface area contributed by atoms with Gasteiger partial charge in [-0.1, -0.05) is 12.1 Å². The van der Waals surface area contributed by atoms with Crippen molar-refractivity contribution in [2.24, 2.45) is 5.10 Å². The van der Waals surface area contributed by atoms with Gasteiger partial charge in [0.25, 0.3) is 5.91 Å². The van der Waals surface area contributed by atoms with Gasteiger partial charge in [0.2, 0.25) is 0 Å². The van der Waals surface area contributed by atoms with Gasteiger partial charge in [-0.15, -0.1) is 0 Å². The molecule has 0 bridgehead atoms. The molecule has 27 heavy (non-hydrogen) atoms. The Morgan fingerprint density at radius 3 is 2.74 bits per heavy atom. The lowest BCUT2D eigenvalue weighted by atomic mass is 10.2. The number of carbonyl (C=O) groups is 2. The first-order valence-electron chi connectivity index (χ1n) is 7.97. The normalized spacial score (nSPS) is 11.0. The molecule has 0 saturated carbocycles. The molecular weight excluding hydrogens is 346 g/mol. The molecule has 0 saturated heterocycles. The molecule has 1 aromatic carbocycles. The maximum Gasteiger partial charge on any atom is 0.336 e. The van der Waals surface area contributed by atoms with E-state index in [1.807, 2.05) is 0 Å². The van der Waals surface area contributed by atoms with Crippen LogP contribution in [0, 0.1) is 0 Å². The number of benzene rings is 1. The largest absolute Gasteiger partial charge is 0.465 e. The van der Waals surface area contributed by atoms with Crippen LogP contribution in [0.25, 0.3) is 6.08 Å². The second kappa shape index (κ2) is 8.91. The molecule has 2 aromatic heterocycles. The summed E-state index contributed by atoms with van der Waals surface area (Å²) in [6, 6.07) is 13.4. The number of hydrogen-bond donors (Lipinski definition) is 1. The lowest BCUT2D eigenvalue weighted by Gasteiger charge is -2.02. The molecule has 7 heteroatoms. The lowest BCUT2D eigenvalue weighted by molar-refractivity contribution is -0.128. The summed E-state index contributed by atoms with van der Waals surface area (Å²) < 4.78 is 10.3. The summed E-state index contributed by atoms with van der Waals surface area (Å²) in [5, 5.41) is 3.90. The van der Waals surface area contributed by atoms with Crippen LogP contribution in [0.15, 0.2) is 82.8 Å². The second-order valence-electron chi connectivity index (χ2n) is 5.28. The highest BCUT2D eigenvalue weighted by Crippen LogP contribution is 2.13. The molecule has 1 amide bonds. The standard InChI is InChI=1S/C20H15N3O4/c24-19(7-6-17-5-2-12-26-17)27-18-4-1-3-15(13-18)14-22-23-20(25)16-8-10-21-11-9-16/h1-14H,(H,23,25)/b7-6+,22-14+. The molecule has 134 valence electrons. The first-order chi connectivity index (χ1) is 13.2. The summed E-state index contributed by atoms with van der Waals surface area (Å²) >= 11 is 0. The van der Waals surface area contributed by atoms with Gasteiger partial charge < -0.3 is 9.15 Å². The Hall–Kier alpha value is -4.00. The van der Waals surface area contributed by atoms with E-state index >= 15 is 0 Å². The van der Waals surface area contributed by atoms with Crippen LogP contribution in [-0.4, -0.2) is 23.1 Å². The van der Waals surface area contributed by atoms with Crippen molar-refractivity contribution in [2.75, 3.05) is 0 Å². The predicted molar refractivity (Wildman–Crippen MR) is 99.1 cm³/mol. The van der Waals surface area contributed by atoms with E-state index in [-0.39, 0.29) is 5.91 Å². The number of nitrogens with zero attached hydrogens (tertiary/aromatic N) is 2. The van der Waals surface area contributed by atoms with E-state index in [0.29, 0.717) is 22.6 Å². The fraction of sp³-hybridized carbons (Fsp3) is 0. The Bertz CT molecular complexity index is 964. The van der Waals surface area contributed by atoms with Crippen LogP contribution >= 0.6 is 0 Å². The fourth-order valence-corrected chi connectivity index (χ4v) is 2.08. The quantitative estimate of drug-likeness (QED) is 0.239. The maximum absolute atomic E-state index is 11.9. The summed E-state index contributed by atoms with van der Waals surface area (Å²) in [6.45, 7) is 0. The zero-order valence-electron chi connectivity index (χ0n) is 14.1. The molecule has 0 atom stereocenters. The number of pyridine rings is 1. The number of carbonyl (C=O) groups excluding carboxylic acids is 2. The summed E-state index contributed by atoms with van der Waals surface area (Å²) in [4.78, 5) is 27.6. The average Bonchev–Trinajstić information content (AvgIpc) is 3.21. The smallest absolute Gasteiger partial charge is 0.336 e. The maximum atomic E-state index is 11.9. The molecular formula is C20H15N3O4. The molecule has 3 aromatic rings. The van der Waals surface area contributed by atoms with E-state index in [2.05, 4.69) is 15.5 Å². The molecule has 0 aliphatic heterocycles. The minimum absolute atomic E-state index is 0.348. The minimum atomic E-state index is -0.536. The van der Waals surface area contributed by atoms with Crippen molar-refractivity contribution in [1.82, 2.24) is 10.4 Å². The van der Waals surface area contributed by atoms with Gasteiger partial charge in [-0.25, -0.2) is 10.2 Å². The van der Waals surface area contributed by atoms with E-state index in [4.69, 9.17) is 9.15 Å². The van der Waals surface area contributed by atoms with Crippen molar-refractivity contribution >= 4 is 24.2 Å². The third-order valence-corrected chi connectivity index (χ3v) is 3.33. The van der Waals surface area contributed by atoms with Crippen LogP contribution in [0.4, 0.5) is 0 Å². The topological polar surface area (TPSA) is 93.8 Å². The number of hydrogen-bond acceptors (Lipinski definition) is 6. The van der Waals surface area contributed by atoms with Gasteiger partial charge in [-0.2, -0.15) is 5.10 Å². The number of amides is 1. The molecule has 2 heterocycles. The average molecular weight is 361 g/mol. The second-order valence-corrected chi connectivity index (χ2v) is 5.28. The SMILES string of the molecule is O=C(/C=C/c1ccco1)Oc1cccc(/C=N/NC(=O)c2ccncc2)c1. The highest BCUT2D eigenvalue weighted by Gasteiger charge is 2.03. The fourth-order valence-electron chi connectivity index (χ4n) is 2.08. The predicted octanol–water partition coefficient (Wildman–Crippen LogP) is 3.06. The molecule has 0 fully saturated rings. The summed E-state index contributed by atoms with van der Waals surface area (Å²) in [5.41, 5.74) is 3.53. The van der Waals surface area contributed by atoms with Crippen molar-refractivity contribution in [2.45, 2.75) is 0 Å². The van der Waals surface area contributed by atoms with Gasteiger partial charge in [-0.3, -0.25) is 9.78 Å². The van der Waals surface area contributed by atoms with Gasteiger partial charge in [0.05, 0.1) is 12.5 Å². The Balaban J connectivity index is 1.56. The molecule has 0 unspecified atom stereocenters. The Kier molecular flexibility index (Phi) is 5.88. The number of rotatable bonds is 6. The molecule has 0 spiro atoms. The number of ether oxygens (including phenoxy) is 1. The minimum Gasteiger partial charge on any atom is -0.465 e. The van der Waals surface area contributed by atoms with Crippen molar-refractivity contribution < 1.29 is 18.7 Å². The summed E-state index contributed by atoms with van der Waals surface area (Å²) in [7, 11) is 0. The molecule has 0 aliphatic rings. The van der Waals surface area contributed by atoms with Gasteiger partial charge >= 0.3 is 5.97 Å². The number of hydrazone groups is 1. The third-order valence-electron chi connectivity index (χ3n) is 3.33. The van der Waals surface area contributed by atoms with Crippen molar-refractivity contribution in [1.29, 1.82) is 0 Å². The van der Waals surface area contributed by atoms with Gasteiger partial charge in [0.1, 0.15) is 11.5 Å². The Morgan fingerprint density at radius 1 is 1.11 bits per heavy atom. The highest BCUT2D eigenvalue weighted by molar-refractivity contribution is 5.94. The third kappa shape index (κ3) is 5.50. The zero-order chi connectivity index (χ0) is 18.9. The number of furan rings is 1. The van der Waals surface area contributed by atoms with Crippen LogP contribution < -0.4 is 10.2 Å². The first-order valence-corrected chi connectivity index (χ1v) is 7.97. The van der Waals surface area contributed by atoms with E-state index in [9.17, 15) is 9.59 Å². The van der Waals surface area contributed by atoms with Crippen LogP contribution in [0.1, 0.15) is 21.7 Å². The van der Waals surface area contributed by atoms with Crippen LogP contribution in [0.5, 0.6) is 5.75 Å². The van der Waals surface area contributed by atoms with Crippen molar-refractivity contribution in [3.8, 4) is 5.75 Å². The zero-order valence-corrected chi connectivity index (χ0v) is 14.1. The van der Waals surface area contributed by atoms with E-state index in [0.717, 1.165) is 0 Å². The molecule has 0 aliphatic carbocycles. The Labute approximate surface area is 155 Å². The Morgan fingerprint density at radius 2 is 1.96 bits per heavy atom. The van der Waals surface area contributed by atoms with Crippen LogP contribution in [0.3, 0.4) is 0 Å². The first kappa shape index (κ1) is 17.8. The van der Waals surface area contributed by atoms with Crippen molar-refractivity contribution in [3.05, 3.63) is 90.2 Å². The number of aromatic nitrogens is 1. The number of esters is 1. The lowest BCUT2D eigenvalue weighted by Crippen LogP contribution is -2.17. The van der Waals surface area contributed by atoms with Gasteiger partial charge in [-0.05, 0) is 48.0 Å². The molecule has 0 radical (unpaired) electrons. The number of nitrogens with one attached hydrogen (secondary N) is 1. The molecule has 3 rings (SSSR count). The van der Waals surface area contributed by atoms with Crippen LogP contribution in [0.2, 0.25) is 0 Å². The van der Waals surface area contributed by atoms with Crippen LogP contribution in [-0.2, 0) is 4.79 Å². The van der Waals surface area contributed by atoms with E-state index < -0.39 is 5.97 Å².